The molecule has 0 amide bonds. The summed E-state index contributed by atoms with van der Waals surface area (Å²) in [7, 11) is 0. The minimum absolute atomic E-state index is 0.237. The zero-order valence-electron chi connectivity index (χ0n) is 52.4. The van der Waals surface area contributed by atoms with Crippen LogP contribution in [-0.4, -0.2) is 11.3 Å². The van der Waals surface area contributed by atoms with Crippen LogP contribution >= 0.6 is 0 Å². The zero-order valence-corrected chi connectivity index (χ0v) is 52.4. The second-order valence-corrected chi connectivity index (χ2v) is 25.8. The van der Waals surface area contributed by atoms with Crippen molar-refractivity contribution in [2.24, 2.45) is 0 Å². The Morgan fingerprint density at radius 1 is 0.219 bits per heavy atom. The van der Waals surface area contributed by atoms with Gasteiger partial charge in [-0.1, -0.05) is 315 Å². The second-order valence-electron chi connectivity index (χ2n) is 25.8. The van der Waals surface area contributed by atoms with Crippen LogP contribution in [-0.2, 0) is 0 Å². The van der Waals surface area contributed by atoms with Crippen LogP contribution in [0.5, 0.6) is 0 Å². The molecule has 4 heteroatoms. The number of para-hydroxylation sites is 4. The largest absolute Gasteiger partial charge is 0.310 e. The standard InChI is InChI=1S/C92H58BN3/c1-6-25-59(26-7-1)65-50-54-84-81(55-65)93-80-53-49-66(68-51-52-79-77-44-21-36-64-35-20-43-76(88(64)77)78-46-24-45-75(68)89(78)79)56-85(80)96(92-71(62-31-12-4-13-32-62)41-23-42-72(92)63-33-14-5-15-34-63)87-58-67(94-82-47-18-16-37-73(82)74-38-17-19-48-83(74)94)57-86(90(87)93)95(84)91-69(60-27-8-2-9-28-60)39-22-40-70(91)61-29-10-3-11-30-61/h1-58H. The Morgan fingerprint density at radius 3 is 1.17 bits per heavy atom. The van der Waals surface area contributed by atoms with E-state index in [2.05, 4.69) is 366 Å². The minimum Gasteiger partial charge on any atom is -0.310 e. The highest BCUT2D eigenvalue weighted by molar-refractivity contribution is 7.00. The summed E-state index contributed by atoms with van der Waals surface area (Å²) in [6.45, 7) is -0.237. The van der Waals surface area contributed by atoms with Crippen LogP contribution < -0.4 is 26.2 Å². The van der Waals surface area contributed by atoms with Crippen LogP contribution in [0.1, 0.15) is 0 Å². The first-order chi connectivity index (χ1) is 47.7. The van der Waals surface area contributed by atoms with Crippen molar-refractivity contribution in [2.75, 3.05) is 9.80 Å². The van der Waals surface area contributed by atoms with Gasteiger partial charge < -0.3 is 14.4 Å². The number of aromatic nitrogens is 1. The Balaban J connectivity index is 0.967. The Hall–Kier alpha value is -12.5. The number of benzene rings is 17. The third-order valence-electron chi connectivity index (χ3n) is 20.7. The normalized spacial score (nSPS) is 12.5. The van der Waals surface area contributed by atoms with E-state index in [0.717, 1.165) is 101 Å². The average molecular weight is 1220 g/mol. The summed E-state index contributed by atoms with van der Waals surface area (Å²) < 4.78 is 2.53. The maximum Gasteiger partial charge on any atom is 0.252 e. The molecule has 2 aliphatic rings. The van der Waals surface area contributed by atoms with E-state index in [1.165, 1.54) is 86.9 Å². The van der Waals surface area contributed by atoms with E-state index in [1.807, 2.05) is 0 Å². The topological polar surface area (TPSA) is 11.4 Å². The Kier molecular flexibility index (Phi) is 12.1. The highest BCUT2D eigenvalue weighted by Crippen LogP contribution is 2.55. The summed E-state index contributed by atoms with van der Waals surface area (Å²) in [6, 6.07) is 132. The number of hydrogen-bond donors (Lipinski definition) is 0. The minimum atomic E-state index is -0.237. The predicted molar refractivity (Wildman–Crippen MR) is 409 cm³/mol. The molecular weight excluding hydrogens is 1160 g/mol. The first-order valence-electron chi connectivity index (χ1n) is 33.3. The molecule has 0 saturated carbocycles. The third kappa shape index (κ3) is 8.16. The van der Waals surface area contributed by atoms with E-state index >= 15 is 0 Å². The molecule has 0 unspecified atom stereocenters. The Labute approximate surface area is 557 Å². The van der Waals surface area contributed by atoms with Crippen LogP contribution in [0.2, 0.25) is 0 Å². The van der Waals surface area contributed by atoms with E-state index in [0.29, 0.717) is 0 Å². The second kappa shape index (κ2) is 21.5. The summed E-state index contributed by atoms with van der Waals surface area (Å²) in [5.74, 6) is 0. The molecule has 0 radical (unpaired) electrons. The van der Waals surface area contributed by atoms with E-state index in [9.17, 15) is 0 Å². The first-order valence-corrected chi connectivity index (χ1v) is 33.3. The SMILES string of the molecule is c1ccc(-c2ccc3c(c2)B2c4ccc(-c5ccc6c7cccc8cccc(c9cccc5c96)c87)cc4N(c4c(-c5ccccc5)cccc4-c4ccccc4)c4cc(-n5c6ccccc6c6ccccc65)cc(c42)N3c2c(-c3ccccc3)cccc2-c2ccccc2)cc1. The Morgan fingerprint density at radius 2 is 0.635 bits per heavy atom. The molecule has 96 heavy (non-hydrogen) atoms. The van der Waals surface area contributed by atoms with Gasteiger partial charge in [0.1, 0.15) is 0 Å². The molecule has 1 aromatic heterocycles. The molecule has 20 rings (SSSR count). The van der Waals surface area contributed by atoms with Gasteiger partial charge in [0.05, 0.1) is 28.1 Å². The Bertz CT molecular complexity index is 5920. The van der Waals surface area contributed by atoms with Gasteiger partial charge in [0.15, 0.2) is 0 Å². The smallest absolute Gasteiger partial charge is 0.252 e. The van der Waals surface area contributed by atoms with Crippen molar-refractivity contribution in [2.45, 2.75) is 0 Å². The van der Waals surface area contributed by atoms with Crippen LogP contribution in [0.15, 0.2) is 352 Å². The van der Waals surface area contributed by atoms with Gasteiger partial charge in [0, 0.05) is 55.8 Å². The first kappa shape index (κ1) is 54.1. The molecule has 444 valence electrons. The summed E-state index contributed by atoms with van der Waals surface area (Å²) >= 11 is 0. The molecule has 0 bridgehead atoms. The molecule has 0 atom stereocenters. The van der Waals surface area contributed by atoms with Crippen molar-refractivity contribution in [1.82, 2.24) is 4.57 Å². The van der Waals surface area contributed by atoms with Gasteiger partial charge >= 0.3 is 0 Å². The maximum atomic E-state index is 2.70. The lowest BCUT2D eigenvalue weighted by Gasteiger charge is -2.46. The van der Waals surface area contributed by atoms with E-state index in [4.69, 9.17) is 0 Å². The molecule has 2 aliphatic heterocycles. The maximum absolute atomic E-state index is 2.70. The van der Waals surface area contributed by atoms with Gasteiger partial charge in [-0.2, -0.15) is 0 Å². The van der Waals surface area contributed by atoms with Crippen LogP contribution in [0, 0.1) is 0 Å². The van der Waals surface area contributed by atoms with Gasteiger partial charge in [0.25, 0.3) is 6.71 Å². The monoisotopic (exact) mass is 1220 g/mol. The number of fused-ring (bicyclic) bond motifs is 9. The van der Waals surface area contributed by atoms with E-state index in [1.54, 1.807) is 0 Å². The highest BCUT2D eigenvalue weighted by Gasteiger charge is 2.46. The van der Waals surface area contributed by atoms with Crippen molar-refractivity contribution in [3.05, 3.63) is 352 Å². The lowest BCUT2D eigenvalue weighted by molar-refractivity contribution is 1.16. The number of anilines is 6. The van der Waals surface area contributed by atoms with Gasteiger partial charge in [-0.3, -0.25) is 0 Å². The fourth-order valence-electron chi connectivity index (χ4n) is 16.6. The van der Waals surface area contributed by atoms with Gasteiger partial charge in [0.2, 0.25) is 0 Å². The summed E-state index contributed by atoms with van der Waals surface area (Å²) in [6.07, 6.45) is 0. The number of rotatable bonds is 9. The third-order valence-corrected chi connectivity index (χ3v) is 20.7. The molecule has 0 aliphatic carbocycles. The molecule has 3 nitrogen and oxygen atoms in total. The van der Waals surface area contributed by atoms with Crippen molar-refractivity contribution < 1.29 is 0 Å². The number of hydrogen-bond acceptors (Lipinski definition) is 2. The molecule has 18 aromatic rings. The molecular formula is C92H58BN3. The highest BCUT2D eigenvalue weighted by atomic mass is 15.2. The molecule has 3 heterocycles. The summed E-state index contributed by atoms with van der Waals surface area (Å²) in [4.78, 5) is 5.36. The molecule has 17 aromatic carbocycles. The van der Waals surface area contributed by atoms with Crippen molar-refractivity contribution >= 4 is 122 Å². The quantitative estimate of drug-likeness (QED) is 0.0811. The molecule has 0 N–H and O–H groups in total. The van der Waals surface area contributed by atoms with E-state index in [-0.39, 0.29) is 6.71 Å². The average Bonchev–Trinajstić information content (AvgIpc) is 0.739. The van der Waals surface area contributed by atoms with Crippen LogP contribution in [0.3, 0.4) is 0 Å². The van der Waals surface area contributed by atoms with E-state index < -0.39 is 0 Å². The lowest BCUT2D eigenvalue weighted by Crippen LogP contribution is -2.61. The molecule has 0 spiro atoms. The van der Waals surface area contributed by atoms with Crippen LogP contribution in [0.4, 0.5) is 34.1 Å². The van der Waals surface area contributed by atoms with Crippen molar-refractivity contribution in [3.63, 3.8) is 0 Å². The van der Waals surface area contributed by atoms with Gasteiger partial charge in [-0.05, 0) is 140 Å². The van der Waals surface area contributed by atoms with Crippen molar-refractivity contribution in [1.29, 1.82) is 0 Å². The lowest BCUT2D eigenvalue weighted by atomic mass is 9.33. The fraction of sp³-hybridized carbons (Fsp3) is 0. The fourth-order valence-corrected chi connectivity index (χ4v) is 16.6. The molecule has 0 saturated heterocycles. The zero-order chi connectivity index (χ0) is 63.0. The molecule has 0 fully saturated rings. The summed E-state index contributed by atoms with van der Waals surface area (Å²) in [5, 5.41) is 12.7. The predicted octanol–water partition coefficient (Wildman–Crippen LogP) is 22.9. The number of nitrogens with zero attached hydrogens (tertiary/aromatic N) is 3. The summed E-state index contributed by atoms with van der Waals surface area (Å²) in [5.41, 5.74) is 27.6. The van der Waals surface area contributed by atoms with Gasteiger partial charge in [-0.15, -0.1) is 0 Å². The van der Waals surface area contributed by atoms with Gasteiger partial charge in [-0.25, -0.2) is 0 Å². The van der Waals surface area contributed by atoms with Crippen molar-refractivity contribution in [3.8, 4) is 72.4 Å². The van der Waals surface area contributed by atoms with Crippen LogP contribution in [0.25, 0.3) is 137 Å².